The first-order valence-electron chi connectivity index (χ1n) is 7.93. The first-order valence-corrected chi connectivity index (χ1v) is 7.93. The molecule has 3 heteroatoms. The van der Waals surface area contributed by atoms with E-state index in [0.29, 0.717) is 6.04 Å². The molecule has 1 heterocycles. The summed E-state index contributed by atoms with van der Waals surface area (Å²) in [6.45, 7) is 6.39. The lowest BCUT2D eigenvalue weighted by atomic mass is 9.95. The minimum Gasteiger partial charge on any atom is -0.497 e. The minimum absolute atomic E-state index is 0.314. The molecule has 1 unspecified atom stereocenters. The lowest BCUT2D eigenvalue weighted by Crippen LogP contribution is -2.45. The second-order valence-corrected chi connectivity index (χ2v) is 5.87. The van der Waals surface area contributed by atoms with Gasteiger partial charge < -0.3 is 10.1 Å². The van der Waals surface area contributed by atoms with Crippen molar-refractivity contribution in [3.8, 4) is 5.75 Å². The molecule has 1 aliphatic heterocycles. The van der Waals surface area contributed by atoms with Gasteiger partial charge in [0.15, 0.2) is 0 Å². The number of piperazine rings is 1. The zero-order chi connectivity index (χ0) is 15.4. The summed E-state index contributed by atoms with van der Waals surface area (Å²) in [5.41, 5.74) is 3.99. The minimum atomic E-state index is 0.314. The first kappa shape index (κ1) is 15.1. The molecule has 1 aliphatic rings. The van der Waals surface area contributed by atoms with Crippen molar-refractivity contribution < 1.29 is 4.74 Å². The SMILES string of the molecule is COc1ccc(C(c2ccc(C)cc2)N2CCNCC2)cc1. The molecule has 1 atom stereocenters. The third-order valence-corrected chi connectivity index (χ3v) is 4.34. The Labute approximate surface area is 132 Å². The molecule has 0 aromatic heterocycles. The molecule has 0 radical (unpaired) electrons. The Morgan fingerprint density at radius 1 is 0.909 bits per heavy atom. The predicted molar refractivity (Wildman–Crippen MR) is 90.5 cm³/mol. The molecule has 0 amide bonds. The Morgan fingerprint density at radius 3 is 2.00 bits per heavy atom. The average Bonchev–Trinajstić information content (AvgIpc) is 2.58. The molecule has 0 aliphatic carbocycles. The second kappa shape index (κ2) is 6.95. The number of hydrogen-bond acceptors (Lipinski definition) is 3. The summed E-state index contributed by atoms with van der Waals surface area (Å²) in [5, 5.41) is 3.44. The summed E-state index contributed by atoms with van der Waals surface area (Å²) >= 11 is 0. The van der Waals surface area contributed by atoms with E-state index in [0.717, 1.165) is 31.9 Å². The van der Waals surface area contributed by atoms with Gasteiger partial charge in [-0.2, -0.15) is 0 Å². The number of nitrogens with zero attached hydrogens (tertiary/aromatic N) is 1. The van der Waals surface area contributed by atoms with Crippen molar-refractivity contribution in [1.29, 1.82) is 0 Å². The van der Waals surface area contributed by atoms with Gasteiger partial charge in [-0.15, -0.1) is 0 Å². The quantitative estimate of drug-likeness (QED) is 0.938. The zero-order valence-electron chi connectivity index (χ0n) is 13.4. The molecule has 0 spiro atoms. The number of rotatable bonds is 4. The highest BCUT2D eigenvalue weighted by Crippen LogP contribution is 2.30. The topological polar surface area (TPSA) is 24.5 Å². The maximum atomic E-state index is 5.29. The van der Waals surface area contributed by atoms with Gasteiger partial charge in [0.1, 0.15) is 5.75 Å². The number of nitrogens with one attached hydrogen (secondary N) is 1. The van der Waals surface area contributed by atoms with Crippen molar-refractivity contribution in [1.82, 2.24) is 10.2 Å². The van der Waals surface area contributed by atoms with Crippen LogP contribution in [-0.2, 0) is 0 Å². The monoisotopic (exact) mass is 296 g/mol. The third kappa shape index (κ3) is 3.32. The summed E-state index contributed by atoms with van der Waals surface area (Å²) in [7, 11) is 1.71. The van der Waals surface area contributed by atoms with Crippen LogP contribution in [0.25, 0.3) is 0 Å². The zero-order valence-corrected chi connectivity index (χ0v) is 13.4. The van der Waals surface area contributed by atoms with Crippen molar-refractivity contribution in [3.63, 3.8) is 0 Å². The molecule has 0 bridgehead atoms. The Bertz CT molecular complexity index is 586. The van der Waals surface area contributed by atoms with Gasteiger partial charge in [-0.1, -0.05) is 42.0 Å². The van der Waals surface area contributed by atoms with Gasteiger partial charge in [-0.05, 0) is 30.2 Å². The van der Waals surface area contributed by atoms with Gasteiger partial charge >= 0.3 is 0 Å². The van der Waals surface area contributed by atoms with Crippen LogP contribution in [0.2, 0.25) is 0 Å². The Morgan fingerprint density at radius 2 is 1.45 bits per heavy atom. The fourth-order valence-corrected chi connectivity index (χ4v) is 3.09. The molecular formula is C19H24N2O. The fraction of sp³-hybridized carbons (Fsp3) is 0.368. The van der Waals surface area contributed by atoms with Crippen LogP contribution in [0, 0.1) is 6.92 Å². The van der Waals surface area contributed by atoms with Crippen LogP contribution < -0.4 is 10.1 Å². The molecular weight excluding hydrogens is 272 g/mol. The third-order valence-electron chi connectivity index (χ3n) is 4.34. The molecule has 1 fully saturated rings. The van der Waals surface area contributed by atoms with Crippen molar-refractivity contribution >= 4 is 0 Å². The van der Waals surface area contributed by atoms with Crippen LogP contribution in [0.5, 0.6) is 5.75 Å². The molecule has 22 heavy (non-hydrogen) atoms. The molecule has 2 aromatic rings. The van der Waals surface area contributed by atoms with E-state index in [1.54, 1.807) is 7.11 Å². The maximum absolute atomic E-state index is 5.29. The van der Waals surface area contributed by atoms with E-state index in [1.807, 2.05) is 0 Å². The highest BCUT2D eigenvalue weighted by Gasteiger charge is 2.23. The van der Waals surface area contributed by atoms with Crippen molar-refractivity contribution in [3.05, 3.63) is 65.2 Å². The van der Waals surface area contributed by atoms with Gasteiger partial charge in [0.2, 0.25) is 0 Å². The Kier molecular flexibility index (Phi) is 4.76. The van der Waals surface area contributed by atoms with E-state index in [-0.39, 0.29) is 0 Å². The molecule has 1 N–H and O–H groups in total. The number of aryl methyl sites for hydroxylation is 1. The normalized spacial score (nSPS) is 17.2. The molecule has 3 rings (SSSR count). The van der Waals surface area contributed by atoms with Crippen molar-refractivity contribution in [2.75, 3.05) is 33.3 Å². The lowest BCUT2D eigenvalue weighted by Gasteiger charge is -2.35. The maximum Gasteiger partial charge on any atom is 0.118 e. The highest BCUT2D eigenvalue weighted by molar-refractivity contribution is 5.36. The fourth-order valence-electron chi connectivity index (χ4n) is 3.09. The largest absolute Gasteiger partial charge is 0.497 e. The van der Waals surface area contributed by atoms with Gasteiger partial charge in [0, 0.05) is 26.2 Å². The summed E-state index contributed by atoms with van der Waals surface area (Å²) in [6, 6.07) is 17.7. The van der Waals surface area contributed by atoms with Gasteiger partial charge in [-0.3, -0.25) is 4.90 Å². The van der Waals surface area contributed by atoms with E-state index < -0.39 is 0 Å². The molecule has 3 nitrogen and oxygen atoms in total. The van der Waals surface area contributed by atoms with Crippen LogP contribution in [0.1, 0.15) is 22.7 Å². The summed E-state index contributed by atoms with van der Waals surface area (Å²) in [5.74, 6) is 0.909. The van der Waals surface area contributed by atoms with E-state index in [2.05, 4.69) is 65.7 Å². The first-order chi connectivity index (χ1) is 10.8. The van der Waals surface area contributed by atoms with Crippen LogP contribution in [0.15, 0.2) is 48.5 Å². The van der Waals surface area contributed by atoms with Crippen LogP contribution in [0.3, 0.4) is 0 Å². The van der Waals surface area contributed by atoms with E-state index in [4.69, 9.17) is 4.74 Å². The van der Waals surface area contributed by atoms with E-state index in [1.165, 1.54) is 16.7 Å². The van der Waals surface area contributed by atoms with Crippen LogP contribution in [0.4, 0.5) is 0 Å². The van der Waals surface area contributed by atoms with Gasteiger partial charge in [-0.25, -0.2) is 0 Å². The number of hydrogen-bond donors (Lipinski definition) is 1. The van der Waals surface area contributed by atoms with E-state index >= 15 is 0 Å². The summed E-state index contributed by atoms with van der Waals surface area (Å²) in [6.07, 6.45) is 0. The second-order valence-electron chi connectivity index (χ2n) is 5.87. The Balaban J connectivity index is 1.95. The average molecular weight is 296 g/mol. The Hall–Kier alpha value is -1.84. The highest BCUT2D eigenvalue weighted by atomic mass is 16.5. The van der Waals surface area contributed by atoms with E-state index in [9.17, 15) is 0 Å². The lowest BCUT2D eigenvalue weighted by molar-refractivity contribution is 0.198. The predicted octanol–water partition coefficient (Wildman–Crippen LogP) is 3.00. The summed E-state index contributed by atoms with van der Waals surface area (Å²) < 4.78 is 5.29. The van der Waals surface area contributed by atoms with Crippen LogP contribution >= 0.6 is 0 Å². The van der Waals surface area contributed by atoms with Crippen molar-refractivity contribution in [2.45, 2.75) is 13.0 Å². The van der Waals surface area contributed by atoms with Gasteiger partial charge in [0.05, 0.1) is 13.2 Å². The number of methoxy groups -OCH3 is 1. The summed E-state index contributed by atoms with van der Waals surface area (Å²) in [4.78, 5) is 2.56. The smallest absolute Gasteiger partial charge is 0.118 e. The van der Waals surface area contributed by atoms with Crippen molar-refractivity contribution in [2.24, 2.45) is 0 Å². The van der Waals surface area contributed by atoms with Crippen LogP contribution in [-0.4, -0.2) is 38.2 Å². The van der Waals surface area contributed by atoms with Gasteiger partial charge in [0.25, 0.3) is 0 Å². The molecule has 116 valence electrons. The molecule has 2 aromatic carbocycles. The number of ether oxygens (including phenoxy) is 1. The molecule has 1 saturated heterocycles. The standard InChI is InChI=1S/C19H24N2O/c1-15-3-5-16(6-4-15)19(21-13-11-20-12-14-21)17-7-9-18(22-2)10-8-17/h3-10,19-20H,11-14H2,1-2H3. The molecule has 0 saturated carbocycles. The number of benzene rings is 2.